The molecule has 1 aliphatic heterocycles. The normalized spacial score (nSPS) is 17.5. The molecule has 1 amide bonds. The number of rotatable bonds is 3. The van der Waals surface area contributed by atoms with Crippen molar-refractivity contribution >= 4 is 22.8 Å². The van der Waals surface area contributed by atoms with E-state index in [1.54, 1.807) is 12.3 Å². The lowest BCUT2D eigenvalue weighted by atomic mass is 10.0. The summed E-state index contributed by atoms with van der Waals surface area (Å²) in [5.41, 5.74) is 2.39. The standard InChI is InChI=1S/C19H21N5O2/c1-12-10-15(17-13(2)23-26-19(17)21-12)18(25)22-14-6-5-9-24(11-14)16-7-3-4-8-20-16/h3-4,7-8,10,14H,5-6,9,11H2,1-2H3,(H,22,25). The van der Waals surface area contributed by atoms with Gasteiger partial charge >= 0.3 is 0 Å². The Morgan fingerprint density at radius 3 is 3.04 bits per heavy atom. The molecule has 0 aliphatic carbocycles. The van der Waals surface area contributed by atoms with Gasteiger partial charge < -0.3 is 14.7 Å². The Bertz CT molecular complexity index is 938. The third-order valence-corrected chi connectivity index (χ3v) is 4.72. The summed E-state index contributed by atoms with van der Waals surface area (Å²) in [5.74, 6) is 0.836. The fourth-order valence-corrected chi connectivity index (χ4v) is 3.50. The van der Waals surface area contributed by atoms with Gasteiger partial charge in [-0.3, -0.25) is 4.79 Å². The van der Waals surface area contributed by atoms with Crippen molar-refractivity contribution in [3.63, 3.8) is 0 Å². The van der Waals surface area contributed by atoms with Gasteiger partial charge in [-0.15, -0.1) is 0 Å². The number of fused-ring (bicyclic) bond motifs is 1. The maximum absolute atomic E-state index is 12.9. The van der Waals surface area contributed by atoms with Crippen LogP contribution in [0, 0.1) is 13.8 Å². The molecule has 7 nitrogen and oxygen atoms in total. The summed E-state index contributed by atoms with van der Waals surface area (Å²) in [4.78, 5) is 23.9. The number of piperidine rings is 1. The summed E-state index contributed by atoms with van der Waals surface area (Å²) in [6.07, 6.45) is 3.76. The Kier molecular flexibility index (Phi) is 4.28. The minimum atomic E-state index is -0.111. The third kappa shape index (κ3) is 3.12. The molecule has 0 saturated carbocycles. The topological polar surface area (TPSA) is 84.2 Å². The summed E-state index contributed by atoms with van der Waals surface area (Å²) < 4.78 is 5.23. The first-order chi connectivity index (χ1) is 12.6. The summed E-state index contributed by atoms with van der Waals surface area (Å²) in [6.45, 7) is 5.37. The smallest absolute Gasteiger partial charge is 0.258 e. The van der Waals surface area contributed by atoms with Crippen molar-refractivity contribution in [2.45, 2.75) is 32.7 Å². The highest BCUT2D eigenvalue weighted by Crippen LogP contribution is 2.23. The van der Waals surface area contributed by atoms with Crippen LogP contribution >= 0.6 is 0 Å². The van der Waals surface area contributed by atoms with Crippen molar-refractivity contribution in [1.29, 1.82) is 0 Å². The van der Waals surface area contributed by atoms with Gasteiger partial charge in [-0.1, -0.05) is 11.2 Å². The second-order valence-corrected chi connectivity index (χ2v) is 6.71. The van der Waals surface area contributed by atoms with Gasteiger partial charge in [-0.25, -0.2) is 9.97 Å². The van der Waals surface area contributed by atoms with Gasteiger partial charge in [-0.05, 0) is 44.9 Å². The lowest BCUT2D eigenvalue weighted by Gasteiger charge is -2.34. The molecule has 0 aromatic carbocycles. The van der Waals surface area contributed by atoms with E-state index in [0.29, 0.717) is 22.4 Å². The maximum Gasteiger partial charge on any atom is 0.258 e. The largest absolute Gasteiger partial charge is 0.355 e. The van der Waals surface area contributed by atoms with E-state index in [1.807, 2.05) is 32.0 Å². The van der Waals surface area contributed by atoms with Crippen LogP contribution in [0.4, 0.5) is 5.82 Å². The first-order valence-corrected chi connectivity index (χ1v) is 8.82. The Morgan fingerprint density at radius 1 is 1.35 bits per heavy atom. The minimum absolute atomic E-state index is 0.0712. The van der Waals surface area contributed by atoms with Crippen molar-refractivity contribution in [3.8, 4) is 0 Å². The molecule has 4 rings (SSSR count). The molecule has 1 N–H and O–H groups in total. The molecule has 4 heterocycles. The molecule has 3 aromatic heterocycles. The molecule has 0 bridgehead atoms. The molecule has 1 atom stereocenters. The SMILES string of the molecule is Cc1cc(C(=O)NC2CCCN(c3ccccn3)C2)c2c(C)noc2n1. The minimum Gasteiger partial charge on any atom is -0.355 e. The molecule has 3 aromatic rings. The number of aryl methyl sites for hydroxylation is 2. The molecule has 1 saturated heterocycles. The van der Waals surface area contributed by atoms with Crippen LogP contribution in [-0.2, 0) is 0 Å². The molecule has 7 heteroatoms. The van der Waals surface area contributed by atoms with Crippen molar-refractivity contribution in [3.05, 3.63) is 47.4 Å². The zero-order chi connectivity index (χ0) is 18.1. The number of nitrogens with one attached hydrogen (secondary N) is 1. The first-order valence-electron chi connectivity index (χ1n) is 8.82. The van der Waals surface area contributed by atoms with Crippen LogP contribution in [0.1, 0.15) is 34.6 Å². The molecule has 0 spiro atoms. The van der Waals surface area contributed by atoms with Gasteiger partial charge in [0.15, 0.2) is 0 Å². The van der Waals surface area contributed by atoms with Crippen LogP contribution in [0.15, 0.2) is 35.0 Å². The number of hydrogen-bond donors (Lipinski definition) is 1. The van der Waals surface area contributed by atoms with Crippen molar-refractivity contribution in [1.82, 2.24) is 20.4 Å². The highest BCUT2D eigenvalue weighted by molar-refractivity contribution is 6.06. The lowest BCUT2D eigenvalue weighted by molar-refractivity contribution is 0.0934. The quantitative estimate of drug-likeness (QED) is 0.781. The highest BCUT2D eigenvalue weighted by atomic mass is 16.5. The van der Waals surface area contributed by atoms with Gasteiger partial charge in [0, 0.05) is 31.0 Å². The van der Waals surface area contributed by atoms with Gasteiger partial charge in [0.1, 0.15) is 5.82 Å². The van der Waals surface area contributed by atoms with E-state index in [2.05, 4.69) is 25.3 Å². The number of hydrogen-bond acceptors (Lipinski definition) is 6. The zero-order valence-electron chi connectivity index (χ0n) is 14.9. The van der Waals surface area contributed by atoms with E-state index >= 15 is 0 Å². The summed E-state index contributed by atoms with van der Waals surface area (Å²) >= 11 is 0. The average molecular weight is 351 g/mol. The summed E-state index contributed by atoms with van der Waals surface area (Å²) in [6, 6.07) is 7.75. The highest BCUT2D eigenvalue weighted by Gasteiger charge is 2.24. The molecule has 1 unspecified atom stereocenters. The Hall–Kier alpha value is -2.96. The number of aromatic nitrogens is 3. The second kappa shape index (κ2) is 6.74. The first kappa shape index (κ1) is 16.5. The molecule has 1 fully saturated rings. The number of carbonyl (C=O) groups excluding carboxylic acids is 1. The van der Waals surface area contributed by atoms with Crippen LogP contribution < -0.4 is 10.2 Å². The monoisotopic (exact) mass is 351 g/mol. The summed E-state index contributed by atoms with van der Waals surface area (Å²) in [7, 11) is 0. The zero-order valence-corrected chi connectivity index (χ0v) is 14.9. The van der Waals surface area contributed by atoms with Crippen LogP contribution in [-0.4, -0.2) is 40.2 Å². The number of anilines is 1. The molecule has 0 radical (unpaired) electrons. The van der Waals surface area contributed by atoms with Crippen LogP contribution in [0.3, 0.4) is 0 Å². The van der Waals surface area contributed by atoms with Gasteiger partial charge in [0.2, 0.25) is 0 Å². The average Bonchev–Trinajstić information content (AvgIpc) is 3.02. The molecule has 26 heavy (non-hydrogen) atoms. The van der Waals surface area contributed by atoms with Crippen molar-refractivity contribution < 1.29 is 9.32 Å². The van der Waals surface area contributed by atoms with Crippen LogP contribution in [0.25, 0.3) is 11.1 Å². The van der Waals surface area contributed by atoms with E-state index in [-0.39, 0.29) is 11.9 Å². The predicted molar refractivity (Wildman–Crippen MR) is 98.2 cm³/mol. The number of pyridine rings is 2. The van der Waals surface area contributed by atoms with E-state index in [1.165, 1.54) is 0 Å². The molecule has 1 aliphatic rings. The molecular weight excluding hydrogens is 330 g/mol. The van der Waals surface area contributed by atoms with Crippen LogP contribution in [0.2, 0.25) is 0 Å². The van der Waals surface area contributed by atoms with Crippen LogP contribution in [0.5, 0.6) is 0 Å². The van der Waals surface area contributed by atoms with E-state index in [9.17, 15) is 4.79 Å². The van der Waals surface area contributed by atoms with Crippen molar-refractivity contribution in [2.24, 2.45) is 0 Å². The number of carbonyl (C=O) groups is 1. The van der Waals surface area contributed by atoms with Gasteiger partial charge in [0.25, 0.3) is 11.6 Å². The Labute approximate surface area is 151 Å². The fraction of sp³-hybridized carbons (Fsp3) is 0.368. The molecule has 134 valence electrons. The molecular formula is C19H21N5O2. The van der Waals surface area contributed by atoms with E-state index in [4.69, 9.17) is 4.52 Å². The van der Waals surface area contributed by atoms with Gasteiger partial charge in [-0.2, -0.15) is 0 Å². The number of amides is 1. The predicted octanol–water partition coefficient (Wildman–Crippen LogP) is 2.63. The maximum atomic E-state index is 12.9. The fourth-order valence-electron chi connectivity index (χ4n) is 3.50. The van der Waals surface area contributed by atoms with Gasteiger partial charge in [0.05, 0.1) is 16.6 Å². The van der Waals surface area contributed by atoms with E-state index in [0.717, 1.165) is 37.4 Å². The second-order valence-electron chi connectivity index (χ2n) is 6.71. The Morgan fingerprint density at radius 2 is 2.23 bits per heavy atom. The third-order valence-electron chi connectivity index (χ3n) is 4.72. The lowest BCUT2D eigenvalue weighted by Crippen LogP contribution is -2.48. The number of nitrogens with zero attached hydrogens (tertiary/aromatic N) is 4. The van der Waals surface area contributed by atoms with Crippen molar-refractivity contribution in [2.75, 3.05) is 18.0 Å². The Balaban J connectivity index is 1.54. The van der Waals surface area contributed by atoms with E-state index < -0.39 is 0 Å². The summed E-state index contributed by atoms with van der Waals surface area (Å²) in [5, 5.41) is 7.80.